The van der Waals surface area contributed by atoms with Gasteiger partial charge in [0.25, 0.3) is 0 Å². The van der Waals surface area contributed by atoms with Gasteiger partial charge in [-0.1, -0.05) is 13.8 Å². The lowest BCUT2D eigenvalue weighted by Crippen LogP contribution is -2.49. The first-order chi connectivity index (χ1) is 11.7. The van der Waals surface area contributed by atoms with E-state index in [2.05, 4.69) is 27.1 Å². The molecule has 0 aliphatic carbocycles. The van der Waals surface area contributed by atoms with Gasteiger partial charge in [-0.05, 0) is 25.2 Å². The Hall–Kier alpha value is -1.69. The van der Waals surface area contributed by atoms with E-state index < -0.39 is 0 Å². The normalized spacial score (nSPS) is 24.4. The van der Waals surface area contributed by atoms with Crippen molar-refractivity contribution in [3.8, 4) is 0 Å². The second-order valence-electron chi connectivity index (χ2n) is 7.03. The maximum atomic E-state index is 11.8. The second kappa shape index (κ2) is 7.92. The van der Waals surface area contributed by atoms with Gasteiger partial charge in [-0.15, -0.1) is 0 Å². The van der Waals surface area contributed by atoms with E-state index in [1.165, 1.54) is 12.8 Å². The highest BCUT2D eigenvalue weighted by atomic mass is 16.2. The van der Waals surface area contributed by atoms with Crippen LogP contribution in [-0.2, 0) is 11.3 Å². The molecule has 132 valence electrons. The molecule has 0 unspecified atom stereocenters. The summed E-state index contributed by atoms with van der Waals surface area (Å²) in [6.07, 6.45) is 7.97. The van der Waals surface area contributed by atoms with Crippen LogP contribution in [0.4, 0.5) is 5.95 Å². The zero-order valence-electron chi connectivity index (χ0n) is 14.9. The minimum absolute atomic E-state index is 0.270. The molecule has 24 heavy (non-hydrogen) atoms. The highest BCUT2D eigenvalue weighted by Gasteiger charge is 2.27. The van der Waals surface area contributed by atoms with Crippen molar-refractivity contribution < 1.29 is 4.79 Å². The number of nitrogens with zero attached hydrogens (tertiary/aromatic N) is 4. The predicted molar refractivity (Wildman–Crippen MR) is 94.8 cm³/mol. The van der Waals surface area contributed by atoms with Crippen molar-refractivity contribution in [3.05, 3.63) is 18.0 Å². The molecular weight excluding hydrogens is 302 g/mol. The van der Waals surface area contributed by atoms with Crippen LogP contribution in [0.25, 0.3) is 0 Å². The number of hydrogen-bond donors (Lipinski definition) is 1. The molecule has 0 radical (unpaired) electrons. The SMILES string of the molecule is CCC(=O)N1CC[C@@H](NCc2cnc(N3CCCC3)nc2)[C@@H](C)C1. The van der Waals surface area contributed by atoms with Crippen LogP contribution < -0.4 is 10.2 Å². The van der Waals surface area contributed by atoms with Crippen molar-refractivity contribution >= 4 is 11.9 Å². The first kappa shape index (κ1) is 17.1. The number of carbonyl (C=O) groups excluding carboxylic acids is 1. The molecule has 0 saturated carbocycles. The van der Waals surface area contributed by atoms with Gasteiger partial charge in [0.15, 0.2) is 0 Å². The number of carbonyl (C=O) groups is 1. The van der Waals surface area contributed by atoms with Crippen molar-refractivity contribution in [3.63, 3.8) is 0 Å². The molecule has 1 aromatic heterocycles. The Bertz CT molecular complexity index is 541. The molecule has 2 aliphatic rings. The minimum Gasteiger partial charge on any atom is -0.342 e. The molecule has 2 fully saturated rings. The molecule has 0 aromatic carbocycles. The summed E-state index contributed by atoms with van der Waals surface area (Å²) >= 11 is 0. The van der Waals surface area contributed by atoms with Gasteiger partial charge in [-0.25, -0.2) is 9.97 Å². The van der Waals surface area contributed by atoms with Crippen molar-refractivity contribution in [1.29, 1.82) is 0 Å². The zero-order chi connectivity index (χ0) is 16.9. The molecule has 0 spiro atoms. The van der Waals surface area contributed by atoms with Crippen molar-refractivity contribution in [2.75, 3.05) is 31.1 Å². The smallest absolute Gasteiger partial charge is 0.225 e. The molecule has 3 rings (SSSR count). The Balaban J connectivity index is 1.48. The summed E-state index contributed by atoms with van der Waals surface area (Å²) < 4.78 is 0. The third kappa shape index (κ3) is 4.04. The Morgan fingerprint density at radius 2 is 1.96 bits per heavy atom. The summed E-state index contributed by atoms with van der Waals surface area (Å²) in [5.74, 6) is 1.60. The standard InChI is InChI=1S/C18H29N5O/c1-3-17(24)23-9-6-16(14(2)13-23)19-10-15-11-20-18(21-12-15)22-7-4-5-8-22/h11-12,14,16,19H,3-10,13H2,1-2H3/t14-,16+/m0/s1. The lowest BCUT2D eigenvalue weighted by molar-refractivity contribution is -0.132. The molecule has 2 saturated heterocycles. The van der Waals surface area contributed by atoms with Crippen LogP contribution in [0.1, 0.15) is 45.1 Å². The van der Waals surface area contributed by atoms with E-state index in [0.29, 0.717) is 18.4 Å². The van der Waals surface area contributed by atoms with Crippen molar-refractivity contribution in [2.45, 2.75) is 52.1 Å². The number of amides is 1. The third-order valence-corrected chi connectivity index (χ3v) is 5.21. The van der Waals surface area contributed by atoms with Gasteiger partial charge >= 0.3 is 0 Å². The number of aromatic nitrogens is 2. The van der Waals surface area contributed by atoms with Crippen molar-refractivity contribution in [1.82, 2.24) is 20.2 Å². The van der Waals surface area contributed by atoms with Gasteiger partial charge in [0, 0.05) is 63.1 Å². The van der Waals surface area contributed by atoms with Crippen LogP contribution in [-0.4, -0.2) is 53.0 Å². The molecule has 1 aromatic rings. The largest absolute Gasteiger partial charge is 0.342 e. The molecule has 6 heteroatoms. The molecule has 3 heterocycles. The van der Waals surface area contributed by atoms with E-state index in [4.69, 9.17) is 0 Å². The molecular formula is C18H29N5O. The summed E-state index contributed by atoms with van der Waals surface area (Å²) in [5.41, 5.74) is 1.12. The van der Waals surface area contributed by atoms with Gasteiger partial charge in [-0.3, -0.25) is 4.79 Å². The lowest BCUT2D eigenvalue weighted by Gasteiger charge is -2.37. The van der Waals surface area contributed by atoms with Crippen LogP contribution >= 0.6 is 0 Å². The third-order valence-electron chi connectivity index (χ3n) is 5.21. The van der Waals surface area contributed by atoms with E-state index in [0.717, 1.165) is 50.7 Å². The van der Waals surface area contributed by atoms with Gasteiger partial charge in [0.1, 0.15) is 0 Å². The topological polar surface area (TPSA) is 61.4 Å². The number of hydrogen-bond acceptors (Lipinski definition) is 5. The first-order valence-electron chi connectivity index (χ1n) is 9.24. The molecule has 0 bridgehead atoms. The molecule has 2 atom stereocenters. The Labute approximate surface area is 144 Å². The predicted octanol–water partition coefficient (Wildman–Crippen LogP) is 1.81. The maximum Gasteiger partial charge on any atom is 0.225 e. The van der Waals surface area contributed by atoms with E-state index in [1.807, 2.05) is 24.2 Å². The maximum absolute atomic E-state index is 11.8. The van der Waals surface area contributed by atoms with E-state index in [-0.39, 0.29) is 5.91 Å². The molecule has 1 N–H and O–H groups in total. The fourth-order valence-electron chi connectivity index (χ4n) is 3.67. The van der Waals surface area contributed by atoms with E-state index in [1.54, 1.807) is 0 Å². The molecule has 2 aliphatic heterocycles. The number of likely N-dealkylation sites (tertiary alicyclic amines) is 1. The van der Waals surface area contributed by atoms with Crippen LogP contribution in [0.3, 0.4) is 0 Å². The van der Waals surface area contributed by atoms with Gasteiger partial charge in [0.05, 0.1) is 0 Å². The lowest BCUT2D eigenvalue weighted by atomic mass is 9.93. The van der Waals surface area contributed by atoms with E-state index in [9.17, 15) is 4.79 Å². The van der Waals surface area contributed by atoms with Gasteiger partial charge in [-0.2, -0.15) is 0 Å². The van der Waals surface area contributed by atoms with Gasteiger partial charge < -0.3 is 15.1 Å². The Kier molecular flexibility index (Phi) is 5.66. The summed E-state index contributed by atoms with van der Waals surface area (Å²) in [6, 6.07) is 0.448. The van der Waals surface area contributed by atoms with Gasteiger partial charge in [0.2, 0.25) is 11.9 Å². The van der Waals surface area contributed by atoms with Crippen LogP contribution in [0.15, 0.2) is 12.4 Å². The monoisotopic (exact) mass is 331 g/mol. The average molecular weight is 331 g/mol. The van der Waals surface area contributed by atoms with Crippen LogP contribution in [0.5, 0.6) is 0 Å². The average Bonchev–Trinajstić information content (AvgIpc) is 3.15. The van der Waals surface area contributed by atoms with Crippen LogP contribution in [0, 0.1) is 5.92 Å². The summed E-state index contributed by atoms with van der Waals surface area (Å²) in [4.78, 5) is 25.1. The Morgan fingerprint density at radius 1 is 1.25 bits per heavy atom. The quantitative estimate of drug-likeness (QED) is 0.892. The highest BCUT2D eigenvalue weighted by molar-refractivity contribution is 5.75. The highest BCUT2D eigenvalue weighted by Crippen LogP contribution is 2.18. The van der Waals surface area contributed by atoms with Crippen LogP contribution in [0.2, 0.25) is 0 Å². The Morgan fingerprint density at radius 3 is 2.58 bits per heavy atom. The summed E-state index contributed by atoms with van der Waals surface area (Å²) in [5, 5.41) is 3.62. The summed E-state index contributed by atoms with van der Waals surface area (Å²) in [6.45, 7) is 8.81. The minimum atomic E-state index is 0.270. The number of piperidine rings is 1. The summed E-state index contributed by atoms with van der Waals surface area (Å²) in [7, 11) is 0. The second-order valence-corrected chi connectivity index (χ2v) is 7.03. The number of rotatable bonds is 5. The fourth-order valence-corrected chi connectivity index (χ4v) is 3.67. The molecule has 6 nitrogen and oxygen atoms in total. The number of nitrogens with one attached hydrogen (secondary N) is 1. The van der Waals surface area contributed by atoms with E-state index >= 15 is 0 Å². The number of anilines is 1. The first-order valence-corrected chi connectivity index (χ1v) is 9.24. The molecule has 1 amide bonds. The zero-order valence-corrected chi connectivity index (χ0v) is 14.9. The van der Waals surface area contributed by atoms with Crippen molar-refractivity contribution in [2.24, 2.45) is 5.92 Å². The fraction of sp³-hybridized carbons (Fsp3) is 0.722.